The Morgan fingerprint density at radius 3 is 2.71 bits per heavy atom. The molecule has 1 amide bonds. The Morgan fingerprint density at radius 1 is 1.17 bits per heavy atom. The second-order valence-corrected chi connectivity index (χ2v) is 5.82. The number of hydrogen-bond acceptors (Lipinski definition) is 3. The van der Waals surface area contributed by atoms with Gasteiger partial charge >= 0.3 is 0 Å². The zero-order valence-corrected chi connectivity index (χ0v) is 13.9. The van der Waals surface area contributed by atoms with Crippen LogP contribution in [0, 0.1) is 6.92 Å². The van der Waals surface area contributed by atoms with Crippen molar-refractivity contribution in [2.75, 3.05) is 12.4 Å². The van der Waals surface area contributed by atoms with Gasteiger partial charge in [-0.15, -0.1) is 0 Å². The fraction of sp³-hybridized carbons (Fsp3) is 0.111. The Hall–Kier alpha value is -2.79. The average molecular weight is 343 g/mol. The van der Waals surface area contributed by atoms with E-state index < -0.39 is 11.7 Å². The van der Waals surface area contributed by atoms with Crippen LogP contribution in [0.25, 0.3) is 10.9 Å². The summed E-state index contributed by atoms with van der Waals surface area (Å²) >= 11 is 5.98. The molecule has 0 saturated carbocycles. The van der Waals surface area contributed by atoms with Gasteiger partial charge in [0.25, 0.3) is 11.7 Å². The Balaban J connectivity index is 1.91. The smallest absolute Gasteiger partial charge is 0.296 e. The summed E-state index contributed by atoms with van der Waals surface area (Å²) in [7, 11) is 1.50. The molecule has 0 aliphatic carbocycles. The molecule has 3 aromatic rings. The molecule has 0 spiro atoms. The fourth-order valence-electron chi connectivity index (χ4n) is 2.50. The summed E-state index contributed by atoms with van der Waals surface area (Å²) in [4.78, 5) is 27.8. The van der Waals surface area contributed by atoms with Crippen molar-refractivity contribution in [3.63, 3.8) is 0 Å². The van der Waals surface area contributed by atoms with E-state index in [1.807, 2.05) is 13.0 Å². The van der Waals surface area contributed by atoms with Gasteiger partial charge in [0.1, 0.15) is 5.75 Å². The maximum Gasteiger partial charge on any atom is 0.296 e. The van der Waals surface area contributed by atoms with Gasteiger partial charge in [-0.3, -0.25) is 9.59 Å². The fourth-order valence-corrected chi connectivity index (χ4v) is 2.67. The number of H-pyrrole nitrogens is 1. The predicted molar refractivity (Wildman–Crippen MR) is 94.0 cm³/mol. The topological polar surface area (TPSA) is 71.2 Å². The molecule has 2 aromatic carbocycles. The number of ether oxygens (including phenoxy) is 1. The van der Waals surface area contributed by atoms with E-state index in [4.69, 9.17) is 16.3 Å². The molecule has 1 heterocycles. The van der Waals surface area contributed by atoms with Gasteiger partial charge in [-0.1, -0.05) is 17.7 Å². The Bertz CT molecular complexity index is 947. The number of ketones is 1. The number of aromatic amines is 1. The summed E-state index contributed by atoms with van der Waals surface area (Å²) < 4.78 is 5.21. The molecule has 0 radical (unpaired) electrons. The third kappa shape index (κ3) is 2.98. The number of amides is 1. The summed E-state index contributed by atoms with van der Waals surface area (Å²) in [6.45, 7) is 1.89. The number of anilines is 1. The van der Waals surface area contributed by atoms with Crippen molar-refractivity contribution >= 4 is 39.9 Å². The van der Waals surface area contributed by atoms with E-state index in [2.05, 4.69) is 10.3 Å². The minimum absolute atomic E-state index is 0.275. The van der Waals surface area contributed by atoms with E-state index in [0.29, 0.717) is 21.8 Å². The zero-order valence-electron chi connectivity index (χ0n) is 13.1. The predicted octanol–water partition coefficient (Wildman–Crippen LogP) is 3.96. The quantitative estimate of drug-likeness (QED) is 0.557. The maximum atomic E-state index is 12.5. The summed E-state index contributed by atoms with van der Waals surface area (Å²) in [6, 6.07) is 10.5. The molecular formula is C18H15ClN2O3. The summed E-state index contributed by atoms with van der Waals surface area (Å²) in [6.07, 6.45) is 1.51. The molecule has 3 rings (SSSR count). The molecule has 6 heteroatoms. The van der Waals surface area contributed by atoms with Gasteiger partial charge in [0.15, 0.2) is 0 Å². The highest BCUT2D eigenvalue weighted by molar-refractivity contribution is 6.48. The minimum Gasteiger partial charge on any atom is -0.495 e. The van der Waals surface area contributed by atoms with Gasteiger partial charge in [0.05, 0.1) is 18.4 Å². The van der Waals surface area contributed by atoms with Crippen molar-refractivity contribution in [2.24, 2.45) is 0 Å². The monoisotopic (exact) mass is 342 g/mol. The van der Waals surface area contributed by atoms with Gasteiger partial charge in [-0.05, 0) is 42.8 Å². The lowest BCUT2D eigenvalue weighted by Crippen LogP contribution is -2.23. The molecule has 0 saturated heterocycles. The first-order valence-electron chi connectivity index (χ1n) is 7.26. The van der Waals surface area contributed by atoms with Crippen molar-refractivity contribution in [3.05, 3.63) is 58.7 Å². The molecule has 0 bridgehead atoms. The van der Waals surface area contributed by atoms with Crippen LogP contribution in [-0.2, 0) is 4.79 Å². The van der Waals surface area contributed by atoms with Crippen LogP contribution in [0.1, 0.15) is 15.9 Å². The van der Waals surface area contributed by atoms with Crippen molar-refractivity contribution in [2.45, 2.75) is 6.92 Å². The number of nitrogens with one attached hydrogen (secondary N) is 2. The van der Waals surface area contributed by atoms with Crippen LogP contribution < -0.4 is 10.1 Å². The number of fused-ring (bicyclic) bond motifs is 1. The Morgan fingerprint density at radius 2 is 1.96 bits per heavy atom. The Labute approximate surface area is 143 Å². The summed E-state index contributed by atoms with van der Waals surface area (Å²) in [5.41, 5.74) is 2.41. The number of carbonyl (C=O) groups excluding carboxylic acids is 2. The molecule has 24 heavy (non-hydrogen) atoms. The first-order valence-corrected chi connectivity index (χ1v) is 7.64. The van der Waals surface area contributed by atoms with Gasteiger partial charge in [-0.2, -0.15) is 0 Å². The van der Waals surface area contributed by atoms with E-state index >= 15 is 0 Å². The number of Topliss-reactive ketones (excluding diaryl/α,β-unsaturated/α-hetero) is 1. The minimum atomic E-state index is -0.736. The summed E-state index contributed by atoms with van der Waals surface area (Å²) in [5, 5.41) is 3.72. The third-order valence-corrected chi connectivity index (χ3v) is 3.93. The molecule has 2 N–H and O–H groups in total. The molecular weight excluding hydrogens is 328 g/mol. The molecule has 0 aliphatic rings. The largest absolute Gasteiger partial charge is 0.495 e. The number of halogens is 1. The van der Waals surface area contributed by atoms with Crippen molar-refractivity contribution in [1.29, 1.82) is 0 Å². The molecule has 122 valence electrons. The SMILES string of the molecule is COc1ccc(C)cc1NC(=O)C(=O)c1c[nH]c2ccc(Cl)cc12. The first kappa shape index (κ1) is 16.1. The number of methoxy groups -OCH3 is 1. The molecule has 0 unspecified atom stereocenters. The Kier molecular flexibility index (Phi) is 4.27. The van der Waals surface area contributed by atoms with Crippen LogP contribution in [-0.4, -0.2) is 23.8 Å². The van der Waals surface area contributed by atoms with Crippen molar-refractivity contribution < 1.29 is 14.3 Å². The summed E-state index contributed by atoms with van der Waals surface area (Å²) in [5.74, 6) is -0.893. The van der Waals surface area contributed by atoms with Gasteiger partial charge in [-0.25, -0.2) is 0 Å². The molecule has 1 aromatic heterocycles. The van der Waals surface area contributed by atoms with Crippen LogP contribution in [0.2, 0.25) is 5.02 Å². The first-order chi connectivity index (χ1) is 11.5. The highest BCUT2D eigenvalue weighted by Gasteiger charge is 2.21. The molecule has 0 fully saturated rings. The number of aromatic nitrogens is 1. The number of rotatable bonds is 4. The van der Waals surface area contributed by atoms with E-state index in [1.54, 1.807) is 30.3 Å². The van der Waals surface area contributed by atoms with E-state index in [9.17, 15) is 9.59 Å². The highest BCUT2D eigenvalue weighted by Crippen LogP contribution is 2.26. The number of aryl methyl sites for hydroxylation is 1. The second kappa shape index (κ2) is 6.37. The van der Waals surface area contributed by atoms with Gasteiger partial charge in [0.2, 0.25) is 0 Å². The number of carbonyl (C=O) groups is 2. The molecule has 0 atom stereocenters. The van der Waals surface area contributed by atoms with Crippen molar-refractivity contribution in [3.8, 4) is 5.75 Å². The van der Waals surface area contributed by atoms with Crippen LogP contribution in [0.5, 0.6) is 5.75 Å². The lowest BCUT2D eigenvalue weighted by Gasteiger charge is -2.10. The standard InChI is InChI=1S/C18H15ClN2O3/c1-10-3-6-16(24-2)15(7-10)21-18(23)17(22)13-9-20-14-5-4-11(19)8-12(13)14/h3-9,20H,1-2H3,(H,21,23). The lowest BCUT2D eigenvalue weighted by molar-refractivity contribution is -0.112. The highest BCUT2D eigenvalue weighted by atomic mass is 35.5. The van der Waals surface area contributed by atoms with Crippen LogP contribution in [0.15, 0.2) is 42.6 Å². The van der Waals surface area contributed by atoms with Crippen molar-refractivity contribution in [1.82, 2.24) is 4.98 Å². The third-order valence-electron chi connectivity index (χ3n) is 3.70. The lowest BCUT2D eigenvalue weighted by atomic mass is 10.1. The van der Waals surface area contributed by atoms with Crippen LogP contribution in [0.4, 0.5) is 5.69 Å². The zero-order chi connectivity index (χ0) is 17.3. The van der Waals surface area contributed by atoms with Crippen LogP contribution in [0.3, 0.4) is 0 Å². The molecule has 5 nitrogen and oxygen atoms in total. The number of hydrogen-bond donors (Lipinski definition) is 2. The van der Waals surface area contributed by atoms with E-state index in [0.717, 1.165) is 11.1 Å². The van der Waals surface area contributed by atoms with Gasteiger partial charge in [0, 0.05) is 22.1 Å². The van der Waals surface area contributed by atoms with Crippen LogP contribution >= 0.6 is 11.6 Å². The second-order valence-electron chi connectivity index (χ2n) is 5.38. The van der Waals surface area contributed by atoms with Gasteiger partial charge < -0.3 is 15.0 Å². The van der Waals surface area contributed by atoms with E-state index in [1.165, 1.54) is 13.3 Å². The molecule has 0 aliphatic heterocycles. The average Bonchev–Trinajstić information content (AvgIpc) is 2.97. The number of benzene rings is 2. The maximum absolute atomic E-state index is 12.5. The normalized spacial score (nSPS) is 10.6. The van der Waals surface area contributed by atoms with E-state index in [-0.39, 0.29) is 5.56 Å².